The molecule has 3 amide bonds. The number of nitrogens with one attached hydrogen (secondary N) is 3. The van der Waals surface area contributed by atoms with Crippen molar-refractivity contribution >= 4 is 34.8 Å². The molecular formula is C27H24N6O5. The predicted molar refractivity (Wildman–Crippen MR) is 137 cm³/mol. The number of amides is 3. The van der Waals surface area contributed by atoms with E-state index in [9.17, 15) is 19.2 Å². The molecule has 11 nitrogen and oxygen atoms in total. The lowest BCUT2D eigenvalue weighted by Gasteiger charge is -2.18. The van der Waals surface area contributed by atoms with E-state index in [-0.39, 0.29) is 42.8 Å². The van der Waals surface area contributed by atoms with Crippen LogP contribution in [0.3, 0.4) is 0 Å². The van der Waals surface area contributed by atoms with Crippen LogP contribution in [0.2, 0.25) is 0 Å². The molecule has 4 aromatic rings. The highest BCUT2D eigenvalue weighted by atomic mass is 16.5. The average molecular weight is 513 g/mol. The molecule has 0 saturated heterocycles. The summed E-state index contributed by atoms with van der Waals surface area (Å²) in [4.78, 5) is 53.7. The van der Waals surface area contributed by atoms with Crippen LogP contribution in [0.15, 0.2) is 60.8 Å². The molecule has 2 aromatic carbocycles. The van der Waals surface area contributed by atoms with Gasteiger partial charge in [-0.05, 0) is 23.3 Å². The summed E-state index contributed by atoms with van der Waals surface area (Å²) < 4.78 is 6.72. The third-order valence-corrected chi connectivity index (χ3v) is 6.00. The van der Waals surface area contributed by atoms with Crippen LogP contribution in [0.25, 0.3) is 5.65 Å². The van der Waals surface area contributed by atoms with Crippen molar-refractivity contribution in [3.05, 3.63) is 88.9 Å². The summed E-state index contributed by atoms with van der Waals surface area (Å²) in [6.45, 7) is 2.17. The number of rotatable bonds is 8. The van der Waals surface area contributed by atoms with Crippen LogP contribution in [0, 0.1) is 0 Å². The highest BCUT2D eigenvalue weighted by Gasteiger charge is 2.19. The Bertz CT molecular complexity index is 1560. The zero-order chi connectivity index (χ0) is 26.6. The van der Waals surface area contributed by atoms with E-state index in [2.05, 4.69) is 26.0 Å². The second-order valence-corrected chi connectivity index (χ2v) is 8.63. The quantitative estimate of drug-likeness (QED) is 0.308. The van der Waals surface area contributed by atoms with Crippen molar-refractivity contribution in [1.82, 2.24) is 25.2 Å². The molecule has 5 rings (SSSR count). The predicted octanol–water partition coefficient (Wildman–Crippen LogP) is 2.51. The number of hydrogen-bond acceptors (Lipinski definition) is 7. The van der Waals surface area contributed by atoms with Gasteiger partial charge in [0.25, 0.3) is 17.7 Å². The first-order valence-electron chi connectivity index (χ1n) is 12.0. The number of hydrogen-bond donors (Lipinski definition) is 3. The van der Waals surface area contributed by atoms with Crippen molar-refractivity contribution < 1.29 is 23.9 Å². The molecule has 0 radical (unpaired) electrons. The lowest BCUT2D eigenvalue weighted by Crippen LogP contribution is -2.28. The zero-order valence-corrected chi connectivity index (χ0v) is 20.5. The SMILES string of the molecule is CCC(=O)c1ccc(CNC(=O)c2cc(C(=O)NCc3ccc4c(c3)NC(=O)CO4)nc3ccnn23)cc1. The first-order chi connectivity index (χ1) is 18.4. The number of Topliss-reactive ketones (excluding diaryl/α,β-unsaturated/α-hetero) is 1. The van der Waals surface area contributed by atoms with E-state index in [1.54, 1.807) is 55.5 Å². The Hall–Kier alpha value is -5.06. The standard InChI is InChI=1S/C27H24N6O5/c1-2-22(34)18-6-3-16(4-7-18)13-29-27(37)21-12-20(31-24-9-10-30-33(21)24)26(36)28-14-17-5-8-23-19(11-17)32-25(35)15-38-23/h3-12H,2,13-15H2,1H3,(H,28,36)(H,29,37)(H,32,35). The average Bonchev–Trinajstić information content (AvgIpc) is 3.42. The maximum absolute atomic E-state index is 13.0. The minimum absolute atomic E-state index is 0.0337. The molecule has 3 heterocycles. The van der Waals surface area contributed by atoms with Crippen LogP contribution in [0.5, 0.6) is 5.75 Å². The topological polar surface area (TPSA) is 144 Å². The number of carbonyl (C=O) groups excluding carboxylic acids is 4. The van der Waals surface area contributed by atoms with Crippen molar-refractivity contribution in [2.75, 3.05) is 11.9 Å². The molecule has 3 N–H and O–H groups in total. The summed E-state index contributed by atoms with van der Waals surface area (Å²) in [6, 6.07) is 15.3. The van der Waals surface area contributed by atoms with Crippen molar-refractivity contribution in [1.29, 1.82) is 0 Å². The summed E-state index contributed by atoms with van der Waals surface area (Å²) >= 11 is 0. The molecule has 0 bridgehead atoms. The Morgan fingerprint density at radius 3 is 2.50 bits per heavy atom. The molecule has 0 saturated carbocycles. The number of ketones is 1. The van der Waals surface area contributed by atoms with Crippen molar-refractivity contribution in [3.8, 4) is 5.75 Å². The van der Waals surface area contributed by atoms with Crippen LogP contribution in [-0.4, -0.2) is 44.7 Å². The van der Waals surface area contributed by atoms with Gasteiger partial charge in [-0.2, -0.15) is 5.10 Å². The van der Waals surface area contributed by atoms with Gasteiger partial charge in [0.2, 0.25) is 0 Å². The van der Waals surface area contributed by atoms with E-state index in [0.717, 1.165) is 11.1 Å². The normalized spacial score (nSPS) is 12.3. The van der Waals surface area contributed by atoms with Crippen LogP contribution in [0.1, 0.15) is 55.8 Å². The van der Waals surface area contributed by atoms with Gasteiger partial charge in [-0.1, -0.05) is 37.3 Å². The van der Waals surface area contributed by atoms with Gasteiger partial charge in [-0.3, -0.25) is 19.2 Å². The third-order valence-electron chi connectivity index (χ3n) is 6.00. The number of fused-ring (bicyclic) bond motifs is 2. The third kappa shape index (κ3) is 5.21. The molecule has 0 unspecified atom stereocenters. The number of carbonyl (C=O) groups is 4. The van der Waals surface area contributed by atoms with Gasteiger partial charge in [0, 0.05) is 37.2 Å². The van der Waals surface area contributed by atoms with Gasteiger partial charge in [0.15, 0.2) is 18.0 Å². The van der Waals surface area contributed by atoms with Crippen LogP contribution in [-0.2, 0) is 17.9 Å². The minimum atomic E-state index is -0.475. The summed E-state index contributed by atoms with van der Waals surface area (Å²) in [5.41, 5.74) is 3.28. The van der Waals surface area contributed by atoms with Gasteiger partial charge in [-0.25, -0.2) is 9.50 Å². The Morgan fingerprint density at radius 2 is 1.71 bits per heavy atom. The van der Waals surface area contributed by atoms with Gasteiger partial charge in [0.1, 0.15) is 17.1 Å². The van der Waals surface area contributed by atoms with Crippen LogP contribution in [0.4, 0.5) is 5.69 Å². The number of benzene rings is 2. The number of anilines is 1. The van der Waals surface area contributed by atoms with Crippen LogP contribution < -0.4 is 20.7 Å². The number of nitrogens with zero attached hydrogens (tertiary/aromatic N) is 3. The maximum atomic E-state index is 13.0. The molecule has 1 aliphatic rings. The first-order valence-corrected chi connectivity index (χ1v) is 12.0. The van der Waals surface area contributed by atoms with Crippen LogP contribution >= 0.6 is 0 Å². The highest BCUT2D eigenvalue weighted by molar-refractivity contribution is 5.98. The molecule has 38 heavy (non-hydrogen) atoms. The zero-order valence-electron chi connectivity index (χ0n) is 20.5. The number of aromatic nitrogens is 3. The molecular weight excluding hydrogens is 488 g/mol. The second kappa shape index (κ2) is 10.5. The van der Waals surface area contributed by atoms with Crippen molar-refractivity contribution in [2.24, 2.45) is 0 Å². The Balaban J connectivity index is 1.28. The fourth-order valence-electron chi connectivity index (χ4n) is 3.99. The van der Waals surface area contributed by atoms with Gasteiger partial charge < -0.3 is 20.7 Å². The van der Waals surface area contributed by atoms with Gasteiger partial charge >= 0.3 is 0 Å². The molecule has 1 aliphatic heterocycles. The smallest absolute Gasteiger partial charge is 0.270 e. The fraction of sp³-hybridized carbons (Fsp3) is 0.185. The lowest BCUT2D eigenvalue weighted by atomic mass is 10.1. The van der Waals surface area contributed by atoms with Crippen molar-refractivity contribution in [2.45, 2.75) is 26.4 Å². The van der Waals surface area contributed by atoms with E-state index >= 15 is 0 Å². The van der Waals surface area contributed by atoms with E-state index < -0.39 is 11.8 Å². The lowest BCUT2D eigenvalue weighted by molar-refractivity contribution is -0.118. The minimum Gasteiger partial charge on any atom is -0.482 e. The summed E-state index contributed by atoms with van der Waals surface area (Å²) in [6.07, 6.45) is 1.92. The van der Waals surface area contributed by atoms with E-state index in [1.807, 2.05) is 0 Å². The summed E-state index contributed by atoms with van der Waals surface area (Å²) in [7, 11) is 0. The Labute approximate surface area is 217 Å². The summed E-state index contributed by atoms with van der Waals surface area (Å²) in [5, 5.41) is 12.5. The maximum Gasteiger partial charge on any atom is 0.270 e. The molecule has 0 aliphatic carbocycles. The molecule has 2 aromatic heterocycles. The first kappa shape index (κ1) is 24.6. The monoisotopic (exact) mass is 512 g/mol. The molecule has 0 atom stereocenters. The molecule has 11 heteroatoms. The van der Waals surface area contributed by atoms with E-state index in [0.29, 0.717) is 29.1 Å². The second-order valence-electron chi connectivity index (χ2n) is 8.63. The van der Waals surface area contributed by atoms with Gasteiger partial charge in [-0.15, -0.1) is 0 Å². The highest BCUT2D eigenvalue weighted by Crippen LogP contribution is 2.28. The molecule has 0 spiro atoms. The largest absolute Gasteiger partial charge is 0.482 e. The Morgan fingerprint density at radius 1 is 0.974 bits per heavy atom. The Kier molecular flexibility index (Phi) is 6.81. The van der Waals surface area contributed by atoms with E-state index in [1.165, 1.54) is 16.8 Å². The fourth-order valence-corrected chi connectivity index (χ4v) is 3.99. The number of ether oxygens (including phenoxy) is 1. The summed E-state index contributed by atoms with van der Waals surface area (Å²) in [5.74, 6) is -0.539. The molecule has 192 valence electrons. The molecule has 0 fully saturated rings. The van der Waals surface area contributed by atoms with Gasteiger partial charge in [0.05, 0.1) is 11.9 Å². The van der Waals surface area contributed by atoms with Crippen molar-refractivity contribution in [3.63, 3.8) is 0 Å². The van der Waals surface area contributed by atoms with E-state index in [4.69, 9.17) is 4.74 Å².